The molecule has 0 aliphatic heterocycles. The van der Waals surface area contributed by atoms with E-state index in [2.05, 4.69) is 4.98 Å². The first-order valence-corrected chi connectivity index (χ1v) is 5.60. The van der Waals surface area contributed by atoms with Crippen LogP contribution in [0, 0.1) is 18.8 Å². The Balaban J connectivity index is 2.23. The van der Waals surface area contributed by atoms with E-state index >= 15 is 0 Å². The molecule has 0 saturated heterocycles. The summed E-state index contributed by atoms with van der Waals surface area (Å²) in [6.45, 7) is 3.80. The molecule has 1 saturated carbocycles. The number of hydrogen-bond donors (Lipinski definition) is 0. The maximum absolute atomic E-state index is 12.1. The van der Waals surface area contributed by atoms with E-state index in [1.165, 1.54) is 0 Å². The normalized spacial score (nSPS) is 24.8. The largest absolute Gasteiger partial charge is 0.299 e. The van der Waals surface area contributed by atoms with Crippen molar-refractivity contribution in [3.8, 4) is 0 Å². The highest BCUT2D eigenvalue weighted by atomic mass is 16.2. The summed E-state index contributed by atoms with van der Waals surface area (Å²) in [6.07, 6.45) is 3.11. The number of ketones is 2. The standard InChI is InChI=1S/C13H15NO2/c1-8-5-6-14-11(7-8)13(16)10-4-3-9(2)12(10)15/h5-7,9-10H,3-4H2,1-2H3. The molecule has 0 amide bonds. The summed E-state index contributed by atoms with van der Waals surface area (Å²) >= 11 is 0. The van der Waals surface area contributed by atoms with E-state index in [9.17, 15) is 9.59 Å². The van der Waals surface area contributed by atoms with Gasteiger partial charge in [0.1, 0.15) is 11.5 Å². The molecule has 0 bridgehead atoms. The molecule has 0 aromatic carbocycles. The molecule has 2 atom stereocenters. The van der Waals surface area contributed by atoms with Gasteiger partial charge in [-0.25, -0.2) is 0 Å². The molecule has 3 nitrogen and oxygen atoms in total. The van der Waals surface area contributed by atoms with Gasteiger partial charge in [0.25, 0.3) is 0 Å². The van der Waals surface area contributed by atoms with Gasteiger partial charge in [-0.2, -0.15) is 0 Å². The van der Waals surface area contributed by atoms with Gasteiger partial charge in [-0.15, -0.1) is 0 Å². The van der Waals surface area contributed by atoms with E-state index < -0.39 is 5.92 Å². The van der Waals surface area contributed by atoms with Crippen LogP contribution in [0.15, 0.2) is 18.3 Å². The Hall–Kier alpha value is -1.51. The zero-order valence-corrected chi connectivity index (χ0v) is 9.56. The fourth-order valence-electron chi connectivity index (χ4n) is 2.15. The average molecular weight is 217 g/mol. The van der Waals surface area contributed by atoms with Gasteiger partial charge >= 0.3 is 0 Å². The number of hydrogen-bond acceptors (Lipinski definition) is 3. The zero-order valence-electron chi connectivity index (χ0n) is 9.56. The summed E-state index contributed by atoms with van der Waals surface area (Å²) in [5.41, 5.74) is 1.42. The number of Topliss-reactive ketones (excluding diaryl/α,β-unsaturated/α-hetero) is 2. The predicted molar refractivity (Wildman–Crippen MR) is 60.2 cm³/mol. The molecule has 3 heteroatoms. The minimum Gasteiger partial charge on any atom is -0.299 e. The van der Waals surface area contributed by atoms with Gasteiger partial charge in [-0.3, -0.25) is 14.6 Å². The second-order valence-electron chi connectivity index (χ2n) is 4.52. The van der Waals surface area contributed by atoms with Crippen LogP contribution in [-0.4, -0.2) is 16.6 Å². The SMILES string of the molecule is Cc1ccnc(C(=O)C2CCC(C)C2=O)c1. The van der Waals surface area contributed by atoms with E-state index in [1.807, 2.05) is 19.9 Å². The molecule has 0 N–H and O–H groups in total. The molecule has 2 unspecified atom stereocenters. The first kappa shape index (κ1) is 11.0. The molecule has 1 aliphatic rings. The van der Waals surface area contributed by atoms with E-state index in [0.29, 0.717) is 12.1 Å². The van der Waals surface area contributed by atoms with Gasteiger partial charge in [-0.1, -0.05) is 6.92 Å². The fraction of sp³-hybridized carbons (Fsp3) is 0.462. The summed E-state index contributed by atoms with van der Waals surface area (Å²) in [5, 5.41) is 0. The van der Waals surface area contributed by atoms with Crippen molar-refractivity contribution < 1.29 is 9.59 Å². The van der Waals surface area contributed by atoms with Crippen molar-refractivity contribution >= 4 is 11.6 Å². The lowest BCUT2D eigenvalue weighted by molar-refractivity contribution is -0.122. The molecule has 1 heterocycles. The Morgan fingerprint density at radius 1 is 1.44 bits per heavy atom. The van der Waals surface area contributed by atoms with Gasteiger partial charge in [0.2, 0.25) is 0 Å². The first-order chi connectivity index (χ1) is 7.59. The van der Waals surface area contributed by atoms with Crippen LogP contribution in [0.2, 0.25) is 0 Å². The highest BCUT2D eigenvalue weighted by Gasteiger charge is 2.36. The van der Waals surface area contributed by atoms with E-state index in [1.54, 1.807) is 12.3 Å². The first-order valence-electron chi connectivity index (χ1n) is 5.60. The van der Waals surface area contributed by atoms with E-state index in [-0.39, 0.29) is 17.5 Å². The van der Waals surface area contributed by atoms with Gasteiger partial charge in [0, 0.05) is 12.1 Å². The monoisotopic (exact) mass is 217 g/mol. The second kappa shape index (κ2) is 4.16. The third kappa shape index (κ3) is 1.90. The number of aryl methyl sites for hydroxylation is 1. The van der Waals surface area contributed by atoms with Crippen molar-refractivity contribution in [3.05, 3.63) is 29.6 Å². The van der Waals surface area contributed by atoms with Crippen LogP contribution in [0.4, 0.5) is 0 Å². The van der Waals surface area contributed by atoms with Crippen molar-refractivity contribution in [1.29, 1.82) is 0 Å². The molecule has 0 radical (unpaired) electrons. The third-order valence-electron chi connectivity index (χ3n) is 3.20. The number of nitrogens with zero attached hydrogens (tertiary/aromatic N) is 1. The molecule has 84 valence electrons. The average Bonchev–Trinajstić information content (AvgIpc) is 2.59. The predicted octanol–water partition coefficient (Wildman–Crippen LogP) is 2.19. The van der Waals surface area contributed by atoms with Gasteiger partial charge < -0.3 is 0 Å². The van der Waals surface area contributed by atoms with Crippen LogP contribution in [-0.2, 0) is 4.79 Å². The molecule has 16 heavy (non-hydrogen) atoms. The molecular formula is C13H15NO2. The molecule has 1 aromatic heterocycles. The Kier molecular flexibility index (Phi) is 2.86. The third-order valence-corrected chi connectivity index (χ3v) is 3.20. The van der Waals surface area contributed by atoms with Crippen LogP contribution in [0.3, 0.4) is 0 Å². The van der Waals surface area contributed by atoms with Crippen LogP contribution >= 0.6 is 0 Å². The van der Waals surface area contributed by atoms with Crippen LogP contribution in [0.25, 0.3) is 0 Å². The summed E-state index contributed by atoms with van der Waals surface area (Å²) in [5.74, 6) is -0.464. The molecule has 1 aliphatic carbocycles. The summed E-state index contributed by atoms with van der Waals surface area (Å²) in [7, 11) is 0. The lowest BCUT2D eigenvalue weighted by Crippen LogP contribution is -2.22. The smallest absolute Gasteiger partial charge is 0.191 e. The highest BCUT2D eigenvalue weighted by molar-refractivity contribution is 6.11. The number of pyridine rings is 1. The topological polar surface area (TPSA) is 47.0 Å². The molecule has 0 spiro atoms. The molecule has 2 rings (SSSR count). The highest BCUT2D eigenvalue weighted by Crippen LogP contribution is 2.29. The van der Waals surface area contributed by atoms with Crippen LogP contribution in [0.5, 0.6) is 0 Å². The maximum atomic E-state index is 12.1. The van der Waals surface area contributed by atoms with E-state index in [0.717, 1.165) is 12.0 Å². The molecule has 1 fully saturated rings. The van der Waals surface area contributed by atoms with Crippen molar-refractivity contribution in [1.82, 2.24) is 4.98 Å². The maximum Gasteiger partial charge on any atom is 0.191 e. The van der Waals surface area contributed by atoms with Gasteiger partial charge in [0.05, 0.1) is 5.92 Å². The molecular weight excluding hydrogens is 202 g/mol. The van der Waals surface area contributed by atoms with Crippen LogP contribution < -0.4 is 0 Å². The number of aromatic nitrogens is 1. The summed E-state index contributed by atoms with van der Waals surface area (Å²) in [6, 6.07) is 3.59. The van der Waals surface area contributed by atoms with Crippen LogP contribution in [0.1, 0.15) is 35.8 Å². The van der Waals surface area contributed by atoms with Gasteiger partial charge in [-0.05, 0) is 37.5 Å². The Morgan fingerprint density at radius 2 is 2.19 bits per heavy atom. The van der Waals surface area contributed by atoms with E-state index in [4.69, 9.17) is 0 Å². The number of carbonyl (C=O) groups is 2. The zero-order chi connectivity index (χ0) is 11.7. The van der Waals surface area contributed by atoms with Crippen molar-refractivity contribution in [2.24, 2.45) is 11.8 Å². The minimum atomic E-state index is -0.454. The van der Waals surface area contributed by atoms with Crippen molar-refractivity contribution in [2.45, 2.75) is 26.7 Å². The summed E-state index contributed by atoms with van der Waals surface area (Å²) < 4.78 is 0. The Labute approximate surface area is 94.9 Å². The Morgan fingerprint density at radius 3 is 2.75 bits per heavy atom. The lowest BCUT2D eigenvalue weighted by atomic mass is 9.96. The second-order valence-corrected chi connectivity index (χ2v) is 4.52. The lowest BCUT2D eigenvalue weighted by Gasteiger charge is -2.07. The Bertz CT molecular complexity index is 439. The number of carbonyl (C=O) groups excluding carboxylic acids is 2. The minimum absolute atomic E-state index is 0.0266. The number of rotatable bonds is 2. The van der Waals surface area contributed by atoms with Crippen molar-refractivity contribution in [3.63, 3.8) is 0 Å². The quantitative estimate of drug-likeness (QED) is 0.563. The molecule has 1 aromatic rings. The van der Waals surface area contributed by atoms with Crippen molar-refractivity contribution in [2.75, 3.05) is 0 Å². The summed E-state index contributed by atoms with van der Waals surface area (Å²) in [4.78, 5) is 27.9. The van der Waals surface area contributed by atoms with Gasteiger partial charge in [0.15, 0.2) is 5.78 Å². The fourth-order valence-corrected chi connectivity index (χ4v) is 2.15.